The number of hydrogen-bond donors (Lipinski definition) is 3. The summed E-state index contributed by atoms with van der Waals surface area (Å²) >= 11 is 0. The molecule has 0 saturated heterocycles. The van der Waals surface area contributed by atoms with Gasteiger partial charge in [-0.1, -0.05) is 59.8 Å². The van der Waals surface area contributed by atoms with Gasteiger partial charge in [0.15, 0.2) is 0 Å². The summed E-state index contributed by atoms with van der Waals surface area (Å²) in [5, 5.41) is 3.19. The van der Waals surface area contributed by atoms with Crippen LogP contribution < -0.4 is 27.2 Å². The van der Waals surface area contributed by atoms with Gasteiger partial charge in [0.1, 0.15) is 11.5 Å². The quantitative estimate of drug-likeness (QED) is 0.463. The lowest BCUT2D eigenvalue weighted by molar-refractivity contribution is -0.121. The average Bonchev–Trinajstić information content (AvgIpc) is 2.71. The SMILES string of the molecule is CCCCCN(CC(=O)N[C@@H]1CCC[C@H](C)[C@@H]1C)c1c(N)n(CCCC)c(=O)[nH]c1=O. The van der Waals surface area contributed by atoms with E-state index < -0.39 is 11.2 Å². The zero-order chi connectivity index (χ0) is 23.0. The summed E-state index contributed by atoms with van der Waals surface area (Å²) in [4.78, 5) is 42.1. The Morgan fingerprint density at radius 2 is 1.87 bits per heavy atom. The second-order valence-corrected chi connectivity index (χ2v) is 9.07. The normalized spacial score (nSPS) is 21.1. The number of nitrogens with one attached hydrogen (secondary N) is 2. The van der Waals surface area contributed by atoms with Crippen LogP contribution in [0.3, 0.4) is 0 Å². The number of nitrogens with zero attached hydrogens (tertiary/aromatic N) is 2. The van der Waals surface area contributed by atoms with E-state index in [2.05, 4.69) is 31.1 Å². The summed E-state index contributed by atoms with van der Waals surface area (Å²) in [7, 11) is 0. The molecule has 2 rings (SSSR count). The molecule has 1 aromatic heterocycles. The lowest BCUT2D eigenvalue weighted by Gasteiger charge is -2.35. The molecule has 0 unspecified atom stereocenters. The predicted octanol–water partition coefficient (Wildman–Crippen LogP) is 2.86. The molecule has 1 saturated carbocycles. The first kappa shape index (κ1) is 25.0. The van der Waals surface area contributed by atoms with Crippen molar-refractivity contribution in [3.05, 3.63) is 20.8 Å². The molecule has 0 bridgehead atoms. The van der Waals surface area contributed by atoms with Gasteiger partial charge in [-0.2, -0.15) is 0 Å². The molecular formula is C23H41N5O3. The highest BCUT2D eigenvalue weighted by atomic mass is 16.2. The minimum Gasteiger partial charge on any atom is -0.383 e. The number of nitrogen functional groups attached to an aromatic ring is 1. The summed E-state index contributed by atoms with van der Waals surface area (Å²) in [6.45, 7) is 9.60. The molecule has 4 N–H and O–H groups in total. The summed E-state index contributed by atoms with van der Waals surface area (Å²) < 4.78 is 1.41. The van der Waals surface area contributed by atoms with Gasteiger partial charge in [0.25, 0.3) is 5.56 Å². The Hall–Kier alpha value is -2.25. The largest absolute Gasteiger partial charge is 0.383 e. The van der Waals surface area contributed by atoms with Gasteiger partial charge >= 0.3 is 5.69 Å². The standard InChI is InChI=1S/C23H41N5O3/c1-5-7-9-13-27(15-19(29)25-18-12-10-11-16(3)17(18)4)20-21(24)28(14-8-6-2)23(31)26-22(20)30/h16-18H,5-15,24H2,1-4H3,(H,25,29)(H,26,30,31)/t16-,17-,18+/m0/s1. The lowest BCUT2D eigenvalue weighted by Crippen LogP contribution is -2.49. The first-order chi connectivity index (χ1) is 14.8. The highest BCUT2D eigenvalue weighted by Gasteiger charge is 2.29. The Bertz CT molecular complexity index is 831. The third-order valence-corrected chi connectivity index (χ3v) is 6.68. The lowest BCUT2D eigenvalue weighted by atomic mass is 9.78. The molecule has 8 heteroatoms. The van der Waals surface area contributed by atoms with Gasteiger partial charge in [-0.15, -0.1) is 0 Å². The number of nitrogens with two attached hydrogens (primary N) is 1. The first-order valence-corrected chi connectivity index (χ1v) is 12.0. The molecule has 31 heavy (non-hydrogen) atoms. The summed E-state index contributed by atoms with van der Waals surface area (Å²) in [5.41, 5.74) is 5.50. The second kappa shape index (κ2) is 12.0. The van der Waals surface area contributed by atoms with Gasteiger partial charge in [0, 0.05) is 19.1 Å². The van der Waals surface area contributed by atoms with Gasteiger partial charge in [-0.25, -0.2) is 4.79 Å². The third-order valence-electron chi connectivity index (χ3n) is 6.68. The van der Waals surface area contributed by atoms with Crippen LogP contribution in [0.5, 0.6) is 0 Å². The van der Waals surface area contributed by atoms with Crippen molar-refractivity contribution in [3.8, 4) is 0 Å². The molecular weight excluding hydrogens is 394 g/mol. The van der Waals surface area contributed by atoms with E-state index in [9.17, 15) is 14.4 Å². The Balaban J connectivity index is 2.26. The molecule has 1 aliphatic rings. The van der Waals surface area contributed by atoms with Crippen molar-refractivity contribution >= 4 is 17.4 Å². The molecule has 176 valence electrons. The van der Waals surface area contributed by atoms with Crippen molar-refractivity contribution in [2.24, 2.45) is 11.8 Å². The van der Waals surface area contributed by atoms with Crippen LogP contribution in [0.1, 0.15) is 79.1 Å². The first-order valence-electron chi connectivity index (χ1n) is 12.0. The Labute approximate surface area is 185 Å². The maximum Gasteiger partial charge on any atom is 0.330 e. The Kier molecular flexibility index (Phi) is 9.65. The number of carbonyl (C=O) groups is 1. The van der Waals surface area contributed by atoms with Crippen molar-refractivity contribution in [2.45, 2.75) is 91.6 Å². The highest BCUT2D eigenvalue weighted by molar-refractivity contribution is 5.82. The highest BCUT2D eigenvalue weighted by Crippen LogP contribution is 2.29. The molecule has 0 aliphatic heterocycles. The van der Waals surface area contributed by atoms with Crippen molar-refractivity contribution in [3.63, 3.8) is 0 Å². The van der Waals surface area contributed by atoms with Crippen LogP contribution in [0, 0.1) is 11.8 Å². The zero-order valence-corrected chi connectivity index (χ0v) is 19.7. The van der Waals surface area contributed by atoms with Crippen LogP contribution in [0.2, 0.25) is 0 Å². The van der Waals surface area contributed by atoms with E-state index in [1.54, 1.807) is 4.90 Å². The van der Waals surface area contributed by atoms with Gasteiger partial charge in [0.05, 0.1) is 6.54 Å². The van der Waals surface area contributed by atoms with Gasteiger partial charge in [-0.3, -0.25) is 19.1 Å². The summed E-state index contributed by atoms with van der Waals surface area (Å²) in [5.74, 6) is 1.05. The monoisotopic (exact) mass is 435 g/mol. The van der Waals surface area contributed by atoms with E-state index >= 15 is 0 Å². The number of carbonyl (C=O) groups excluding carboxylic acids is 1. The Morgan fingerprint density at radius 1 is 1.16 bits per heavy atom. The maximum atomic E-state index is 13.0. The molecule has 8 nitrogen and oxygen atoms in total. The number of H-pyrrole nitrogens is 1. The van der Waals surface area contributed by atoms with Crippen LogP contribution in [-0.4, -0.2) is 34.6 Å². The zero-order valence-electron chi connectivity index (χ0n) is 19.7. The van der Waals surface area contributed by atoms with Crippen molar-refractivity contribution < 1.29 is 4.79 Å². The number of aromatic amines is 1. The second-order valence-electron chi connectivity index (χ2n) is 9.07. The number of aromatic nitrogens is 2. The van der Waals surface area contributed by atoms with Crippen molar-refractivity contribution in [2.75, 3.05) is 23.7 Å². The van der Waals surface area contributed by atoms with E-state index in [0.29, 0.717) is 24.9 Å². The van der Waals surface area contributed by atoms with Crippen LogP contribution >= 0.6 is 0 Å². The number of amides is 1. The van der Waals surface area contributed by atoms with Crippen LogP contribution in [0.4, 0.5) is 11.5 Å². The van der Waals surface area contributed by atoms with Gasteiger partial charge in [0.2, 0.25) is 5.91 Å². The minimum atomic E-state index is -0.529. The molecule has 1 fully saturated rings. The van der Waals surface area contributed by atoms with Gasteiger partial charge < -0.3 is 16.0 Å². The average molecular weight is 436 g/mol. The summed E-state index contributed by atoms with van der Waals surface area (Å²) in [6, 6.07) is 0.155. The molecule has 1 aromatic rings. The van der Waals surface area contributed by atoms with E-state index in [0.717, 1.165) is 44.9 Å². The number of rotatable bonds is 11. The predicted molar refractivity (Wildman–Crippen MR) is 126 cm³/mol. The fourth-order valence-electron chi connectivity index (χ4n) is 4.46. The number of anilines is 2. The molecule has 1 amide bonds. The summed E-state index contributed by atoms with van der Waals surface area (Å²) in [6.07, 6.45) is 7.84. The molecule has 0 spiro atoms. The molecule has 0 aromatic carbocycles. The number of unbranched alkanes of at least 4 members (excludes halogenated alkanes) is 3. The van der Waals surface area contributed by atoms with Crippen LogP contribution in [-0.2, 0) is 11.3 Å². The van der Waals surface area contributed by atoms with Crippen LogP contribution in [0.15, 0.2) is 9.59 Å². The van der Waals surface area contributed by atoms with E-state index in [1.807, 2.05) is 6.92 Å². The van der Waals surface area contributed by atoms with Crippen molar-refractivity contribution in [1.82, 2.24) is 14.9 Å². The Morgan fingerprint density at radius 3 is 2.55 bits per heavy atom. The van der Waals surface area contributed by atoms with Gasteiger partial charge in [-0.05, 0) is 31.1 Å². The molecule has 0 radical (unpaired) electrons. The molecule has 1 heterocycles. The smallest absolute Gasteiger partial charge is 0.330 e. The van der Waals surface area contributed by atoms with Crippen molar-refractivity contribution in [1.29, 1.82) is 0 Å². The molecule has 1 aliphatic carbocycles. The fraction of sp³-hybridized carbons (Fsp3) is 0.783. The van der Waals surface area contributed by atoms with E-state index in [1.165, 1.54) is 11.0 Å². The molecule has 3 atom stereocenters. The minimum absolute atomic E-state index is 0.0561. The topological polar surface area (TPSA) is 113 Å². The number of hydrogen-bond acceptors (Lipinski definition) is 5. The van der Waals surface area contributed by atoms with E-state index in [4.69, 9.17) is 5.73 Å². The van der Waals surface area contributed by atoms with Crippen LogP contribution in [0.25, 0.3) is 0 Å². The maximum absolute atomic E-state index is 13.0. The fourth-order valence-corrected chi connectivity index (χ4v) is 4.46. The van der Waals surface area contributed by atoms with E-state index in [-0.39, 0.29) is 30.0 Å². The third kappa shape index (κ3) is 6.61.